The molecule has 1 aromatic rings. The lowest BCUT2D eigenvalue weighted by Crippen LogP contribution is -2.46. The highest BCUT2D eigenvalue weighted by atomic mass is 16.3. The normalized spacial score (nSPS) is 12.4. The van der Waals surface area contributed by atoms with E-state index in [1.54, 1.807) is 6.26 Å². The van der Waals surface area contributed by atoms with Crippen LogP contribution in [0.5, 0.6) is 0 Å². The molecule has 1 rings (SSSR count). The Morgan fingerprint density at radius 3 is 2.69 bits per heavy atom. The first-order chi connectivity index (χ1) is 6.06. The van der Waals surface area contributed by atoms with Crippen molar-refractivity contribution in [2.45, 2.75) is 25.9 Å². The second-order valence-corrected chi connectivity index (χ2v) is 3.95. The number of rotatable bonds is 4. The zero-order chi connectivity index (χ0) is 9.90. The zero-order valence-electron chi connectivity index (χ0n) is 8.58. The Balaban J connectivity index is 2.55. The van der Waals surface area contributed by atoms with Crippen LogP contribution in [0.1, 0.15) is 19.6 Å². The summed E-state index contributed by atoms with van der Waals surface area (Å²) in [6.07, 6.45) is 1.69. The Morgan fingerprint density at radius 2 is 2.23 bits per heavy atom. The molecule has 0 radical (unpaired) electrons. The first-order valence-corrected chi connectivity index (χ1v) is 4.50. The number of nitrogens with two attached hydrogens (primary N) is 1. The summed E-state index contributed by atoms with van der Waals surface area (Å²) in [6.45, 7) is 5.69. The van der Waals surface area contributed by atoms with Crippen LogP contribution >= 0.6 is 0 Å². The van der Waals surface area contributed by atoms with Crippen LogP contribution in [0.25, 0.3) is 0 Å². The van der Waals surface area contributed by atoms with Crippen molar-refractivity contribution in [1.82, 2.24) is 4.90 Å². The number of hydrogen-bond donors (Lipinski definition) is 1. The molecule has 0 spiro atoms. The maximum Gasteiger partial charge on any atom is 0.117 e. The standard InChI is InChI=1S/C10H18N2O/c1-10(2,8-11)12(3)7-9-5-4-6-13-9/h4-6H,7-8,11H2,1-3H3. The van der Waals surface area contributed by atoms with Crippen molar-refractivity contribution in [3.63, 3.8) is 0 Å². The van der Waals surface area contributed by atoms with Gasteiger partial charge in [-0.1, -0.05) is 0 Å². The highest BCUT2D eigenvalue weighted by Gasteiger charge is 2.21. The molecule has 0 fully saturated rings. The van der Waals surface area contributed by atoms with Gasteiger partial charge in [-0.2, -0.15) is 0 Å². The lowest BCUT2D eigenvalue weighted by Gasteiger charge is -2.33. The monoisotopic (exact) mass is 182 g/mol. The van der Waals surface area contributed by atoms with Gasteiger partial charge in [-0.3, -0.25) is 4.90 Å². The molecule has 0 aromatic carbocycles. The quantitative estimate of drug-likeness (QED) is 0.766. The SMILES string of the molecule is CN(Cc1ccco1)C(C)(C)CN. The highest BCUT2D eigenvalue weighted by Crippen LogP contribution is 2.14. The van der Waals surface area contributed by atoms with E-state index in [-0.39, 0.29) is 5.54 Å². The third kappa shape index (κ3) is 2.57. The summed E-state index contributed by atoms with van der Waals surface area (Å²) < 4.78 is 5.26. The second-order valence-electron chi connectivity index (χ2n) is 3.95. The van der Waals surface area contributed by atoms with Gasteiger partial charge in [-0.25, -0.2) is 0 Å². The lowest BCUT2D eigenvalue weighted by atomic mass is 10.0. The van der Waals surface area contributed by atoms with Gasteiger partial charge in [0.25, 0.3) is 0 Å². The fourth-order valence-electron chi connectivity index (χ4n) is 1.01. The molecule has 0 amide bonds. The molecule has 1 aromatic heterocycles. The third-order valence-electron chi connectivity index (χ3n) is 2.51. The van der Waals surface area contributed by atoms with Crippen molar-refractivity contribution in [2.75, 3.05) is 13.6 Å². The van der Waals surface area contributed by atoms with Crippen LogP contribution < -0.4 is 5.73 Å². The van der Waals surface area contributed by atoms with Crippen molar-refractivity contribution in [1.29, 1.82) is 0 Å². The fourth-order valence-corrected chi connectivity index (χ4v) is 1.01. The number of likely N-dealkylation sites (N-methyl/N-ethyl adjacent to an activating group) is 1. The molecule has 3 nitrogen and oxygen atoms in total. The average molecular weight is 182 g/mol. The molecule has 13 heavy (non-hydrogen) atoms. The molecule has 0 saturated heterocycles. The number of hydrogen-bond acceptors (Lipinski definition) is 3. The molecule has 0 atom stereocenters. The van der Waals surface area contributed by atoms with Gasteiger partial charge in [0.05, 0.1) is 12.8 Å². The van der Waals surface area contributed by atoms with Gasteiger partial charge in [-0.15, -0.1) is 0 Å². The van der Waals surface area contributed by atoms with Crippen LogP contribution in [-0.4, -0.2) is 24.0 Å². The minimum Gasteiger partial charge on any atom is -0.468 e. The summed E-state index contributed by atoms with van der Waals surface area (Å²) in [7, 11) is 2.05. The molecule has 74 valence electrons. The summed E-state index contributed by atoms with van der Waals surface area (Å²) in [5, 5.41) is 0. The molecule has 0 aliphatic carbocycles. The van der Waals surface area contributed by atoms with Crippen LogP contribution in [0.2, 0.25) is 0 Å². The number of furan rings is 1. The van der Waals surface area contributed by atoms with E-state index in [1.807, 2.05) is 12.1 Å². The van der Waals surface area contributed by atoms with Gasteiger partial charge in [0, 0.05) is 12.1 Å². The minimum atomic E-state index is 0.0206. The molecular formula is C10H18N2O. The summed E-state index contributed by atoms with van der Waals surface area (Å²) in [5.74, 6) is 0.976. The van der Waals surface area contributed by atoms with Crippen molar-refractivity contribution in [3.8, 4) is 0 Å². The molecule has 0 aliphatic heterocycles. The Bertz CT molecular complexity index is 241. The van der Waals surface area contributed by atoms with Crippen LogP contribution in [0.4, 0.5) is 0 Å². The highest BCUT2D eigenvalue weighted by molar-refractivity contribution is 4.99. The maximum atomic E-state index is 5.66. The number of nitrogens with zero attached hydrogens (tertiary/aromatic N) is 1. The lowest BCUT2D eigenvalue weighted by molar-refractivity contribution is 0.144. The van der Waals surface area contributed by atoms with Crippen LogP contribution in [-0.2, 0) is 6.54 Å². The smallest absolute Gasteiger partial charge is 0.117 e. The molecule has 0 bridgehead atoms. The van der Waals surface area contributed by atoms with E-state index in [9.17, 15) is 0 Å². The van der Waals surface area contributed by atoms with Gasteiger partial charge in [0.15, 0.2) is 0 Å². The molecule has 0 saturated carbocycles. The van der Waals surface area contributed by atoms with E-state index >= 15 is 0 Å². The van der Waals surface area contributed by atoms with E-state index < -0.39 is 0 Å². The van der Waals surface area contributed by atoms with E-state index in [0.29, 0.717) is 6.54 Å². The van der Waals surface area contributed by atoms with Gasteiger partial charge in [-0.05, 0) is 33.0 Å². The van der Waals surface area contributed by atoms with Gasteiger partial charge < -0.3 is 10.2 Å². The van der Waals surface area contributed by atoms with Gasteiger partial charge >= 0.3 is 0 Å². The summed E-state index contributed by atoms with van der Waals surface area (Å²) >= 11 is 0. The molecule has 0 aliphatic rings. The van der Waals surface area contributed by atoms with E-state index in [4.69, 9.17) is 10.2 Å². The summed E-state index contributed by atoms with van der Waals surface area (Å²) in [4.78, 5) is 2.19. The first-order valence-electron chi connectivity index (χ1n) is 4.50. The summed E-state index contributed by atoms with van der Waals surface area (Å²) in [5.41, 5.74) is 5.68. The molecule has 2 N–H and O–H groups in total. The van der Waals surface area contributed by atoms with Gasteiger partial charge in [0.2, 0.25) is 0 Å². The third-order valence-corrected chi connectivity index (χ3v) is 2.51. The molecule has 0 unspecified atom stereocenters. The van der Waals surface area contributed by atoms with Crippen LogP contribution in [0.3, 0.4) is 0 Å². The van der Waals surface area contributed by atoms with E-state index in [2.05, 4.69) is 25.8 Å². The molecule has 3 heteroatoms. The Labute approximate surface area is 79.5 Å². The van der Waals surface area contributed by atoms with Crippen molar-refractivity contribution >= 4 is 0 Å². The Kier molecular flexibility index (Phi) is 3.12. The van der Waals surface area contributed by atoms with Crippen molar-refractivity contribution in [2.24, 2.45) is 5.73 Å². The topological polar surface area (TPSA) is 42.4 Å². The summed E-state index contributed by atoms with van der Waals surface area (Å²) in [6, 6.07) is 3.88. The Hall–Kier alpha value is -0.800. The van der Waals surface area contributed by atoms with Crippen LogP contribution in [0.15, 0.2) is 22.8 Å². The van der Waals surface area contributed by atoms with E-state index in [0.717, 1.165) is 12.3 Å². The zero-order valence-corrected chi connectivity index (χ0v) is 8.58. The van der Waals surface area contributed by atoms with Crippen molar-refractivity contribution in [3.05, 3.63) is 24.2 Å². The van der Waals surface area contributed by atoms with Gasteiger partial charge in [0.1, 0.15) is 5.76 Å². The second kappa shape index (κ2) is 3.94. The average Bonchev–Trinajstić information content (AvgIpc) is 2.57. The maximum absolute atomic E-state index is 5.66. The first kappa shape index (κ1) is 10.3. The predicted molar refractivity (Wildman–Crippen MR) is 53.3 cm³/mol. The minimum absolute atomic E-state index is 0.0206. The fraction of sp³-hybridized carbons (Fsp3) is 0.600. The Morgan fingerprint density at radius 1 is 1.54 bits per heavy atom. The van der Waals surface area contributed by atoms with Crippen molar-refractivity contribution < 1.29 is 4.42 Å². The molecule has 1 heterocycles. The largest absolute Gasteiger partial charge is 0.468 e. The predicted octanol–water partition coefficient (Wildman–Crippen LogP) is 1.45. The molecular weight excluding hydrogens is 164 g/mol. The van der Waals surface area contributed by atoms with E-state index in [1.165, 1.54) is 0 Å². The van der Waals surface area contributed by atoms with Crippen LogP contribution in [0, 0.1) is 0 Å².